The van der Waals surface area contributed by atoms with Crippen LogP contribution in [0.25, 0.3) is 36.1 Å². The molecule has 0 spiro atoms. The van der Waals surface area contributed by atoms with Gasteiger partial charge in [0, 0.05) is 0 Å². The minimum Gasteiger partial charge on any atom is -0.693 e. The fourth-order valence-electron chi connectivity index (χ4n) is 0.250. The molecular formula is C4H18Cl2N6Pt2-4. The van der Waals surface area contributed by atoms with Crippen molar-refractivity contribution in [3.05, 3.63) is 36.1 Å². The summed E-state index contributed by atoms with van der Waals surface area (Å²) >= 11 is 3.22. The van der Waals surface area contributed by atoms with Crippen LogP contribution in [0.2, 0.25) is 0 Å². The third-order valence-corrected chi connectivity index (χ3v) is 0.604. The number of rotatable bonds is 3. The molecule has 0 fully saturated rings. The van der Waals surface area contributed by atoms with Crippen LogP contribution in [0.5, 0.6) is 0 Å². The average Bonchev–Trinajstić information content (AvgIpc) is 2.08. The summed E-state index contributed by atoms with van der Waals surface area (Å²) in [7, 11) is 9.22. The molecule has 0 saturated heterocycles. The summed E-state index contributed by atoms with van der Waals surface area (Å²) in [5.74, 6) is 0. The van der Waals surface area contributed by atoms with Crippen molar-refractivity contribution >= 4 is 18.8 Å². The van der Waals surface area contributed by atoms with Crippen LogP contribution < -0.4 is 0 Å². The fourth-order valence-corrected chi connectivity index (χ4v) is 0.250. The normalized spacial score (nSPS) is 4.86. The Morgan fingerprint density at radius 1 is 0.643 bits per heavy atom. The molecule has 0 radical (unpaired) electrons. The minimum absolute atomic E-state index is 0. The molecule has 102 valence electrons. The van der Waals surface area contributed by atoms with Gasteiger partial charge in [0.1, 0.15) is 0 Å². The van der Waals surface area contributed by atoms with Crippen LogP contribution >= 0.6 is 18.8 Å². The van der Waals surface area contributed by atoms with Crippen molar-refractivity contribution in [3.8, 4) is 0 Å². The topological polar surface area (TPSA) is 182 Å². The third kappa shape index (κ3) is 99.7. The Labute approximate surface area is 118 Å². The van der Waals surface area contributed by atoms with Gasteiger partial charge in [-0.25, -0.2) is 0 Å². The molecule has 0 bridgehead atoms. The SMILES string of the molecule is [Cl][Pt+].[Cl][Pt+].[NH-]CCCC[NH-].[NH2-].[NH2-].[NH2-].[NH2-]. The van der Waals surface area contributed by atoms with Crippen LogP contribution in [-0.2, 0) is 37.5 Å². The Kier molecular flexibility index (Phi) is 271. The maximum absolute atomic E-state index is 6.62. The average molecular weight is 611 g/mol. The number of nitrogens with one attached hydrogen (secondary N) is 2. The first-order valence-electron chi connectivity index (χ1n) is 2.45. The molecule has 0 aliphatic rings. The standard InChI is InChI=1S/C4H10N2.2ClH.4H2N.2Pt/c5-3-1-2-4-6;;;;;;;;/h5-6H,1-4H2;2*1H;4*1H2;;/q-2;;;4*-1;2*+2/p-2. The van der Waals surface area contributed by atoms with Crippen molar-refractivity contribution in [3.63, 3.8) is 0 Å². The van der Waals surface area contributed by atoms with Crippen LogP contribution in [0.1, 0.15) is 12.8 Å². The summed E-state index contributed by atoms with van der Waals surface area (Å²) in [6, 6.07) is 0. The van der Waals surface area contributed by atoms with Crippen molar-refractivity contribution < 1.29 is 37.5 Å². The summed E-state index contributed by atoms with van der Waals surface area (Å²) in [6.45, 7) is 0.970. The van der Waals surface area contributed by atoms with Crippen LogP contribution in [0, 0.1) is 0 Å². The van der Waals surface area contributed by atoms with Crippen molar-refractivity contribution in [2.45, 2.75) is 12.8 Å². The number of hydrogen-bond donors (Lipinski definition) is 0. The summed E-state index contributed by atoms with van der Waals surface area (Å²) in [6.07, 6.45) is 1.78. The first-order valence-corrected chi connectivity index (χ1v) is 8.08. The van der Waals surface area contributed by atoms with Crippen LogP contribution in [0.4, 0.5) is 0 Å². The molecule has 10 N–H and O–H groups in total. The zero-order valence-electron chi connectivity index (χ0n) is 7.53. The summed E-state index contributed by atoms with van der Waals surface area (Å²) in [5, 5.41) is 0. The van der Waals surface area contributed by atoms with Gasteiger partial charge in [-0.05, 0) is 0 Å². The van der Waals surface area contributed by atoms with E-state index >= 15 is 0 Å². The second-order valence-electron chi connectivity index (χ2n) is 1.21. The van der Waals surface area contributed by atoms with E-state index in [1.807, 2.05) is 0 Å². The van der Waals surface area contributed by atoms with Gasteiger partial charge in [-0.2, -0.15) is 13.1 Å². The van der Waals surface area contributed by atoms with Gasteiger partial charge in [0.25, 0.3) is 0 Å². The number of unbranched alkanes of at least 4 members (excludes halogenated alkanes) is 1. The van der Waals surface area contributed by atoms with Gasteiger partial charge in [-0.1, -0.05) is 12.8 Å². The van der Waals surface area contributed by atoms with E-state index in [1.54, 1.807) is 37.5 Å². The molecule has 0 amide bonds. The number of halogens is 2. The van der Waals surface area contributed by atoms with Crippen LogP contribution in [0.3, 0.4) is 0 Å². The van der Waals surface area contributed by atoms with Crippen LogP contribution in [0.15, 0.2) is 0 Å². The van der Waals surface area contributed by atoms with E-state index in [2.05, 4.69) is 18.8 Å². The Bertz CT molecular complexity index is 37.8. The van der Waals surface area contributed by atoms with Gasteiger partial charge in [-0.3, -0.25) is 0 Å². The van der Waals surface area contributed by atoms with Crippen molar-refractivity contribution in [2.24, 2.45) is 0 Å². The van der Waals surface area contributed by atoms with E-state index in [0.717, 1.165) is 12.8 Å². The number of hydrogen-bond acceptors (Lipinski definition) is 0. The molecule has 0 aromatic heterocycles. The van der Waals surface area contributed by atoms with E-state index in [0.29, 0.717) is 13.1 Å². The first-order chi connectivity index (χ1) is 4.91. The third-order valence-electron chi connectivity index (χ3n) is 0.604. The molecular weight excluding hydrogens is 593 g/mol. The molecule has 0 saturated carbocycles. The minimum atomic E-state index is 0. The maximum Gasteiger partial charge on any atom is -0.0741 e. The zero-order chi connectivity index (χ0) is 8.83. The molecule has 0 aliphatic carbocycles. The molecule has 0 aliphatic heterocycles. The molecule has 0 unspecified atom stereocenters. The molecule has 0 aromatic rings. The van der Waals surface area contributed by atoms with Gasteiger partial charge < -0.3 is 36.1 Å². The predicted molar refractivity (Wildman–Crippen MR) is 60.5 cm³/mol. The molecule has 0 heterocycles. The van der Waals surface area contributed by atoms with Gasteiger partial charge in [-0.15, -0.1) is 0 Å². The van der Waals surface area contributed by atoms with Gasteiger partial charge in [0.15, 0.2) is 0 Å². The van der Waals surface area contributed by atoms with E-state index in [4.69, 9.17) is 11.5 Å². The largest absolute Gasteiger partial charge is 0.693 e. The monoisotopic (exact) mass is 610 g/mol. The molecule has 0 atom stereocenters. The van der Waals surface area contributed by atoms with Gasteiger partial charge in [0.05, 0.1) is 0 Å². The van der Waals surface area contributed by atoms with Crippen molar-refractivity contribution in [2.75, 3.05) is 13.1 Å². The second kappa shape index (κ2) is 84.7. The predicted octanol–water partition coefficient (Wildman–Crippen LogP) is 6.11. The zero-order valence-corrected chi connectivity index (χ0v) is 13.6. The van der Waals surface area contributed by atoms with Gasteiger partial charge in [0.2, 0.25) is 0 Å². The number of nitrogens with two attached hydrogens (primary N) is 4. The Hall–Kier alpha value is 1.72. The van der Waals surface area contributed by atoms with Crippen molar-refractivity contribution in [1.29, 1.82) is 0 Å². The molecule has 0 rings (SSSR count). The Morgan fingerprint density at radius 2 is 0.786 bits per heavy atom. The van der Waals surface area contributed by atoms with E-state index < -0.39 is 0 Å². The molecule has 6 nitrogen and oxygen atoms in total. The summed E-state index contributed by atoms with van der Waals surface area (Å²) in [4.78, 5) is 0. The van der Waals surface area contributed by atoms with E-state index in [9.17, 15) is 0 Å². The van der Waals surface area contributed by atoms with Crippen LogP contribution in [-0.4, -0.2) is 13.1 Å². The van der Waals surface area contributed by atoms with Crippen molar-refractivity contribution in [1.82, 2.24) is 0 Å². The summed E-state index contributed by atoms with van der Waals surface area (Å²) < 4.78 is 0. The quantitative estimate of drug-likeness (QED) is 0.334. The molecule has 14 heavy (non-hydrogen) atoms. The summed E-state index contributed by atoms with van der Waals surface area (Å²) in [5.41, 5.74) is 13.2. The second-order valence-corrected chi connectivity index (χ2v) is 1.21. The maximum atomic E-state index is 6.62. The van der Waals surface area contributed by atoms with E-state index in [-0.39, 0.29) is 24.6 Å². The Balaban J connectivity index is -0.0000000111. The van der Waals surface area contributed by atoms with E-state index in [1.165, 1.54) is 0 Å². The fraction of sp³-hybridized carbons (Fsp3) is 1.00. The smallest absolute Gasteiger partial charge is 0.0741 e. The Morgan fingerprint density at radius 3 is 0.857 bits per heavy atom. The van der Waals surface area contributed by atoms with Gasteiger partial charge >= 0.3 is 56.4 Å². The molecule has 0 aromatic carbocycles. The molecule has 10 heteroatoms. The first kappa shape index (κ1) is 44.8.